The molecule has 0 aromatic rings. The summed E-state index contributed by atoms with van der Waals surface area (Å²) in [6.45, 7) is 2.43. The minimum atomic E-state index is 0.906. The van der Waals surface area contributed by atoms with Crippen molar-refractivity contribution in [1.82, 2.24) is 4.90 Å². The Hall–Kier alpha value is -0.0400. The van der Waals surface area contributed by atoms with E-state index in [4.69, 9.17) is 0 Å². The van der Waals surface area contributed by atoms with Crippen LogP contribution in [0.5, 0.6) is 0 Å². The van der Waals surface area contributed by atoms with E-state index >= 15 is 0 Å². The molecule has 2 heterocycles. The first kappa shape index (κ1) is 7.37. The third-order valence-electron chi connectivity index (χ3n) is 4.42. The summed E-state index contributed by atoms with van der Waals surface area (Å²) in [5.41, 5.74) is 0. The van der Waals surface area contributed by atoms with E-state index in [2.05, 4.69) is 11.8 Å². The van der Waals surface area contributed by atoms with E-state index in [0.29, 0.717) is 0 Å². The van der Waals surface area contributed by atoms with Crippen molar-refractivity contribution in [3.05, 3.63) is 0 Å². The molecule has 4 atom stereocenters. The van der Waals surface area contributed by atoms with Gasteiger partial charge in [0.15, 0.2) is 0 Å². The number of rotatable bonds is 0. The Morgan fingerprint density at radius 1 is 1.08 bits per heavy atom. The highest BCUT2D eigenvalue weighted by atomic mass is 15.3. The minimum absolute atomic E-state index is 0.906. The summed E-state index contributed by atoms with van der Waals surface area (Å²) in [4.78, 5) is 2.86. The molecular weight excluding hydrogens is 146 g/mol. The van der Waals surface area contributed by atoms with Gasteiger partial charge in [-0.15, -0.1) is 0 Å². The van der Waals surface area contributed by atoms with E-state index < -0.39 is 0 Å². The second kappa shape index (κ2) is 2.47. The zero-order valence-corrected chi connectivity index (χ0v) is 8.00. The number of hydrogen-bond acceptors (Lipinski definition) is 1. The molecule has 68 valence electrons. The third kappa shape index (κ3) is 0.834. The van der Waals surface area contributed by atoms with Crippen LogP contribution in [0.25, 0.3) is 0 Å². The van der Waals surface area contributed by atoms with Crippen molar-refractivity contribution in [2.75, 3.05) is 0 Å². The van der Waals surface area contributed by atoms with Gasteiger partial charge in [-0.3, -0.25) is 4.90 Å². The van der Waals surface area contributed by atoms with Crippen LogP contribution in [0.15, 0.2) is 0 Å². The Kier molecular flexibility index (Phi) is 1.52. The van der Waals surface area contributed by atoms with Gasteiger partial charge in [0.1, 0.15) is 0 Å². The monoisotopic (exact) mass is 165 g/mol. The molecule has 1 heteroatoms. The normalized spacial score (nSPS) is 52.8. The molecule has 4 unspecified atom stereocenters. The highest BCUT2D eigenvalue weighted by molar-refractivity contribution is 5.02. The van der Waals surface area contributed by atoms with E-state index in [1.807, 2.05) is 0 Å². The van der Waals surface area contributed by atoms with Crippen LogP contribution in [-0.4, -0.2) is 23.0 Å². The summed E-state index contributed by atoms with van der Waals surface area (Å²) in [5.74, 6) is 1.10. The summed E-state index contributed by atoms with van der Waals surface area (Å²) >= 11 is 0. The van der Waals surface area contributed by atoms with Crippen molar-refractivity contribution in [3.8, 4) is 0 Å². The van der Waals surface area contributed by atoms with Crippen LogP contribution in [0, 0.1) is 5.92 Å². The van der Waals surface area contributed by atoms with Crippen LogP contribution >= 0.6 is 0 Å². The molecular formula is C11H19N. The maximum Gasteiger partial charge on any atom is 0.0130 e. The van der Waals surface area contributed by atoms with Gasteiger partial charge in [0.2, 0.25) is 0 Å². The van der Waals surface area contributed by atoms with Crippen LogP contribution in [0.1, 0.15) is 45.4 Å². The van der Waals surface area contributed by atoms with Crippen molar-refractivity contribution < 1.29 is 0 Å². The van der Waals surface area contributed by atoms with Gasteiger partial charge in [-0.1, -0.05) is 6.42 Å². The van der Waals surface area contributed by atoms with Crippen molar-refractivity contribution in [3.63, 3.8) is 0 Å². The van der Waals surface area contributed by atoms with Gasteiger partial charge in [0.25, 0.3) is 0 Å². The lowest BCUT2D eigenvalue weighted by molar-refractivity contribution is 0.184. The molecule has 0 radical (unpaired) electrons. The minimum Gasteiger partial charge on any atom is -0.294 e. The Bertz CT molecular complexity index is 189. The lowest BCUT2D eigenvalue weighted by atomic mass is 9.99. The Morgan fingerprint density at radius 3 is 2.92 bits per heavy atom. The van der Waals surface area contributed by atoms with Gasteiger partial charge in [0.05, 0.1) is 0 Å². The molecule has 0 bridgehead atoms. The number of fused-ring (bicyclic) bond motifs is 3. The molecule has 1 saturated carbocycles. The molecule has 12 heavy (non-hydrogen) atoms. The van der Waals surface area contributed by atoms with Crippen molar-refractivity contribution in [2.24, 2.45) is 5.92 Å². The van der Waals surface area contributed by atoms with Gasteiger partial charge in [-0.2, -0.15) is 0 Å². The molecule has 2 saturated heterocycles. The second-order valence-electron chi connectivity index (χ2n) is 5.02. The molecule has 3 aliphatic rings. The quantitative estimate of drug-likeness (QED) is 0.533. The summed E-state index contributed by atoms with van der Waals surface area (Å²) in [7, 11) is 0. The first-order chi connectivity index (χ1) is 5.86. The molecule has 3 rings (SSSR count). The van der Waals surface area contributed by atoms with E-state index in [1.165, 1.54) is 38.5 Å². The van der Waals surface area contributed by atoms with Crippen LogP contribution in [0.3, 0.4) is 0 Å². The Balaban J connectivity index is 1.85. The zero-order valence-electron chi connectivity index (χ0n) is 8.00. The summed E-state index contributed by atoms with van der Waals surface area (Å²) in [6, 6.07) is 2.91. The molecule has 2 aliphatic heterocycles. The fourth-order valence-electron chi connectivity index (χ4n) is 3.96. The van der Waals surface area contributed by atoms with E-state index in [9.17, 15) is 0 Å². The zero-order chi connectivity index (χ0) is 8.13. The Morgan fingerprint density at radius 2 is 2.00 bits per heavy atom. The SMILES string of the molecule is CC1CCC2CC3CCCC3N12. The van der Waals surface area contributed by atoms with Gasteiger partial charge in [-0.25, -0.2) is 0 Å². The fourth-order valence-corrected chi connectivity index (χ4v) is 3.96. The summed E-state index contributed by atoms with van der Waals surface area (Å²) < 4.78 is 0. The topological polar surface area (TPSA) is 3.24 Å². The van der Waals surface area contributed by atoms with Gasteiger partial charge >= 0.3 is 0 Å². The maximum atomic E-state index is 2.86. The Labute approximate surface area is 75.1 Å². The average Bonchev–Trinajstić information content (AvgIpc) is 2.61. The van der Waals surface area contributed by atoms with Crippen LogP contribution in [-0.2, 0) is 0 Å². The molecule has 0 N–H and O–H groups in total. The van der Waals surface area contributed by atoms with Crippen LogP contribution < -0.4 is 0 Å². The molecule has 0 aromatic heterocycles. The maximum absolute atomic E-state index is 2.86. The standard InChI is InChI=1S/C11H19N/c1-8-5-6-10-7-9-3-2-4-11(9)12(8)10/h8-11H,2-7H2,1H3. The fraction of sp³-hybridized carbons (Fsp3) is 1.00. The van der Waals surface area contributed by atoms with Crippen LogP contribution in [0.4, 0.5) is 0 Å². The number of hydrogen-bond donors (Lipinski definition) is 0. The van der Waals surface area contributed by atoms with E-state index in [-0.39, 0.29) is 0 Å². The molecule has 0 spiro atoms. The smallest absolute Gasteiger partial charge is 0.0130 e. The predicted octanol–water partition coefficient (Wildman–Crippen LogP) is 2.41. The molecule has 0 aromatic carbocycles. The van der Waals surface area contributed by atoms with Gasteiger partial charge < -0.3 is 0 Å². The van der Waals surface area contributed by atoms with Crippen molar-refractivity contribution in [1.29, 1.82) is 0 Å². The predicted molar refractivity (Wildman–Crippen MR) is 50.1 cm³/mol. The molecule has 3 fully saturated rings. The van der Waals surface area contributed by atoms with Crippen molar-refractivity contribution in [2.45, 2.75) is 63.6 Å². The highest BCUT2D eigenvalue weighted by Crippen LogP contribution is 2.46. The van der Waals surface area contributed by atoms with E-state index in [1.54, 1.807) is 0 Å². The summed E-state index contributed by atoms with van der Waals surface area (Å²) in [5, 5.41) is 0. The first-order valence-corrected chi connectivity index (χ1v) is 5.63. The average molecular weight is 165 g/mol. The lowest BCUT2D eigenvalue weighted by Crippen LogP contribution is -2.36. The van der Waals surface area contributed by atoms with E-state index in [0.717, 1.165) is 24.0 Å². The lowest BCUT2D eigenvalue weighted by Gasteiger charge is -2.27. The largest absolute Gasteiger partial charge is 0.294 e. The highest BCUT2D eigenvalue weighted by Gasteiger charge is 2.47. The van der Waals surface area contributed by atoms with Gasteiger partial charge in [0, 0.05) is 18.1 Å². The molecule has 1 nitrogen and oxygen atoms in total. The summed E-state index contributed by atoms with van der Waals surface area (Å²) in [6.07, 6.45) is 9.04. The van der Waals surface area contributed by atoms with Gasteiger partial charge in [-0.05, 0) is 44.9 Å². The number of nitrogens with zero attached hydrogens (tertiary/aromatic N) is 1. The second-order valence-corrected chi connectivity index (χ2v) is 5.02. The molecule has 1 aliphatic carbocycles. The van der Waals surface area contributed by atoms with Crippen molar-refractivity contribution >= 4 is 0 Å². The molecule has 0 amide bonds. The first-order valence-electron chi connectivity index (χ1n) is 5.63. The van der Waals surface area contributed by atoms with Crippen LogP contribution in [0.2, 0.25) is 0 Å². The third-order valence-corrected chi connectivity index (χ3v) is 4.42.